The molecule has 0 aromatic heterocycles. The maximum atomic E-state index is 5.28. The van der Waals surface area contributed by atoms with Crippen LogP contribution in [0.2, 0.25) is 0 Å². The second-order valence-corrected chi connectivity index (χ2v) is 6.30. The van der Waals surface area contributed by atoms with Gasteiger partial charge >= 0.3 is 0 Å². The molecule has 0 amide bonds. The minimum atomic E-state index is 0.221. The number of hydrogen-bond acceptors (Lipinski definition) is 1. The zero-order chi connectivity index (χ0) is 13.1. The predicted molar refractivity (Wildman–Crippen MR) is 87.7 cm³/mol. The fourth-order valence-electron chi connectivity index (χ4n) is 1.88. The summed E-state index contributed by atoms with van der Waals surface area (Å²) in [5.41, 5.74) is 3.67. The van der Waals surface area contributed by atoms with Crippen LogP contribution in [0.4, 0.5) is 0 Å². The van der Waals surface area contributed by atoms with Crippen molar-refractivity contribution in [1.82, 2.24) is 0 Å². The topological polar surface area (TPSA) is 9.23 Å². The number of alkyl halides is 1. The summed E-state index contributed by atoms with van der Waals surface area (Å²) in [5, 5.41) is 0. The van der Waals surface area contributed by atoms with Crippen LogP contribution in [0.1, 0.15) is 21.5 Å². The summed E-state index contributed by atoms with van der Waals surface area (Å²) in [6, 6.07) is 14.8. The highest BCUT2D eigenvalue weighted by Crippen LogP contribution is 2.33. The molecule has 94 valence electrons. The monoisotopic (exact) mass is 416 g/mol. The number of aryl methyl sites for hydroxylation is 1. The smallest absolute Gasteiger partial charge is 0.121 e. The largest absolute Gasteiger partial charge is 0.496 e. The van der Waals surface area contributed by atoms with Gasteiger partial charge in [-0.15, -0.1) is 0 Å². The Morgan fingerprint density at radius 2 is 1.67 bits per heavy atom. The van der Waals surface area contributed by atoms with Crippen LogP contribution in [0.15, 0.2) is 42.5 Å². The number of halogens is 2. The third-order valence-electron chi connectivity index (χ3n) is 2.87. The molecule has 0 heterocycles. The molecule has 0 aliphatic heterocycles. The first kappa shape index (κ1) is 13.9. The minimum absolute atomic E-state index is 0.221. The standard InChI is InChI=1S/C15H14BrIO/c1-10-9-12(5-8-14(10)18-2)15(16)11-3-6-13(17)7-4-11/h3-9,15H,1-2H3. The van der Waals surface area contributed by atoms with Crippen molar-refractivity contribution in [2.45, 2.75) is 11.8 Å². The average molecular weight is 417 g/mol. The van der Waals surface area contributed by atoms with Crippen molar-refractivity contribution in [3.8, 4) is 5.75 Å². The predicted octanol–water partition coefficient (Wildman–Crippen LogP) is 5.09. The molecule has 3 heteroatoms. The van der Waals surface area contributed by atoms with Gasteiger partial charge in [-0.2, -0.15) is 0 Å². The lowest BCUT2D eigenvalue weighted by Gasteiger charge is -2.13. The van der Waals surface area contributed by atoms with Crippen LogP contribution in [0, 0.1) is 10.5 Å². The van der Waals surface area contributed by atoms with Gasteiger partial charge in [0.25, 0.3) is 0 Å². The van der Waals surface area contributed by atoms with Crippen LogP contribution in [-0.2, 0) is 0 Å². The minimum Gasteiger partial charge on any atom is -0.496 e. The summed E-state index contributed by atoms with van der Waals surface area (Å²) < 4.78 is 6.54. The first-order chi connectivity index (χ1) is 8.61. The normalized spacial score (nSPS) is 12.2. The molecule has 0 aliphatic carbocycles. The zero-order valence-electron chi connectivity index (χ0n) is 10.3. The molecule has 1 nitrogen and oxygen atoms in total. The van der Waals surface area contributed by atoms with Gasteiger partial charge in [0.1, 0.15) is 5.75 Å². The molecule has 0 N–H and O–H groups in total. The van der Waals surface area contributed by atoms with Crippen molar-refractivity contribution in [1.29, 1.82) is 0 Å². The molecule has 0 radical (unpaired) electrons. The molecule has 1 atom stereocenters. The van der Waals surface area contributed by atoms with E-state index in [2.05, 4.69) is 81.8 Å². The Kier molecular flexibility index (Phi) is 4.67. The molecular weight excluding hydrogens is 403 g/mol. The number of hydrogen-bond donors (Lipinski definition) is 0. The van der Waals surface area contributed by atoms with E-state index >= 15 is 0 Å². The van der Waals surface area contributed by atoms with Crippen molar-refractivity contribution < 1.29 is 4.74 Å². The fraction of sp³-hybridized carbons (Fsp3) is 0.200. The second kappa shape index (κ2) is 6.06. The quantitative estimate of drug-likeness (QED) is 0.500. The molecule has 0 bridgehead atoms. The van der Waals surface area contributed by atoms with Crippen LogP contribution in [0.25, 0.3) is 0 Å². The van der Waals surface area contributed by atoms with Gasteiger partial charge in [0, 0.05) is 3.57 Å². The summed E-state index contributed by atoms with van der Waals surface area (Å²) in [6.45, 7) is 2.07. The molecule has 1 unspecified atom stereocenters. The Labute approximate surface area is 130 Å². The maximum absolute atomic E-state index is 5.28. The lowest BCUT2D eigenvalue weighted by Crippen LogP contribution is -1.95. The number of rotatable bonds is 3. The maximum Gasteiger partial charge on any atom is 0.121 e. The first-order valence-corrected chi connectivity index (χ1v) is 7.65. The second-order valence-electron chi connectivity index (χ2n) is 4.14. The summed E-state index contributed by atoms with van der Waals surface area (Å²) in [5.74, 6) is 0.932. The van der Waals surface area contributed by atoms with Crippen molar-refractivity contribution >= 4 is 38.5 Å². The van der Waals surface area contributed by atoms with E-state index in [1.165, 1.54) is 14.7 Å². The Morgan fingerprint density at radius 3 is 2.22 bits per heavy atom. The van der Waals surface area contributed by atoms with E-state index in [9.17, 15) is 0 Å². The molecular formula is C15H14BrIO. The van der Waals surface area contributed by atoms with Crippen LogP contribution >= 0.6 is 38.5 Å². The van der Waals surface area contributed by atoms with E-state index in [0.717, 1.165) is 11.3 Å². The molecule has 0 saturated heterocycles. The van der Waals surface area contributed by atoms with E-state index in [-0.39, 0.29) is 4.83 Å². The highest BCUT2D eigenvalue weighted by atomic mass is 127. The number of ether oxygens (including phenoxy) is 1. The van der Waals surface area contributed by atoms with Gasteiger partial charge in [-0.05, 0) is 64.4 Å². The molecule has 0 aliphatic rings. The van der Waals surface area contributed by atoms with Crippen molar-refractivity contribution in [3.05, 3.63) is 62.7 Å². The average Bonchev–Trinajstić information content (AvgIpc) is 2.38. The summed E-state index contributed by atoms with van der Waals surface area (Å²) in [4.78, 5) is 0.221. The molecule has 2 aromatic rings. The van der Waals surface area contributed by atoms with Gasteiger partial charge in [-0.3, -0.25) is 0 Å². The van der Waals surface area contributed by atoms with Crippen molar-refractivity contribution in [3.63, 3.8) is 0 Å². The third kappa shape index (κ3) is 3.06. The van der Waals surface area contributed by atoms with Gasteiger partial charge in [-0.25, -0.2) is 0 Å². The third-order valence-corrected chi connectivity index (χ3v) is 4.65. The van der Waals surface area contributed by atoms with Crippen molar-refractivity contribution in [2.75, 3.05) is 7.11 Å². The highest BCUT2D eigenvalue weighted by molar-refractivity contribution is 14.1. The summed E-state index contributed by atoms with van der Waals surface area (Å²) in [6.07, 6.45) is 0. The SMILES string of the molecule is COc1ccc(C(Br)c2ccc(I)cc2)cc1C. The summed E-state index contributed by atoms with van der Waals surface area (Å²) >= 11 is 6.07. The van der Waals surface area contributed by atoms with Crippen LogP contribution < -0.4 is 4.74 Å². The molecule has 0 spiro atoms. The molecule has 0 saturated carbocycles. The highest BCUT2D eigenvalue weighted by Gasteiger charge is 2.11. The van der Waals surface area contributed by atoms with E-state index in [4.69, 9.17) is 4.74 Å². The van der Waals surface area contributed by atoms with E-state index in [1.807, 2.05) is 6.07 Å². The molecule has 2 aromatic carbocycles. The molecule has 18 heavy (non-hydrogen) atoms. The van der Waals surface area contributed by atoms with E-state index < -0.39 is 0 Å². The fourth-order valence-corrected chi connectivity index (χ4v) is 2.83. The lowest BCUT2D eigenvalue weighted by molar-refractivity contribution is 0.411. The van der Waals surface area contributed by atoms with Gasteiger partial charge < -0.3 is 4.74 Å². The van der Waals surface area contributed by atoms with Crippen LogP contribution in [0.3, 0.4) is 0 Å². The first-order valence-electron chi connectivity index (χ1n) is 5.66. The molecule has 0 fully saturated rings. The van der Waals surface area contributed by atoms with Gasteiger partial charge in [0.2, 0.25) is 0 Å². The Morgan fingerprint density at radius 1 is 1.06 bits per heavy atom. The number of methoxy groups -OCH3 is 1. The zero-order valence-corrected chi connectivity index (χ0v) is 14.0. The van der Waals surface area contributed by atoms with Gasteiger partial charge in [0.15, 0.2) is 0 Å². The van der Waals surface area contributed by atoms with Crippen LogP contribution in [0.5, 0.6) is 5.75 Å². The van der Waals surface area contributed by atoms with E-state index in [1.54, 1.807) is 7.11 Å². The Hall–Kier alpha value is -0.550. The van der Waals surface area contributed by atoms with Crippen molar-refractivity contribution in [2.24, 2.45) is 0 Å². The number of benzene rings is 2. The summed E-state index contributed by atoms with van der Waals surface area (Å²) in [7, 11) is 1.70. The molecule has 2 rings (SSSR count). The van der Waals surface area contributed by atoms with Crippen LogP contribution in [-0.4, -0.2) is 7.11 Å². The van der Waals surface area contributed by atoms with Gasteiger partial charge in [0.05, 0.1) is 11.9 Å². The lowest BCUT2D eigenvalue weighted by atomic mass is 10.0. The Bertz CT molecular complexity index is 537. The van der Waals surface area contributed by atoms with E-state index in [0.29, 0.717) is 0 Å². The van der Waals surface area contributed by atoms with Gasteiger partial charge in [-0.1, -0.05) is 40.2 Å². The Balaban J connectivity index is 2.31.